The predicted molar refractivity (Wildman–Crippen MR) is 72.7 cm³/mol. The van der Waals surface area contributed by atoms with Crippen molar-refractivity contribution in [2.24, 2.45) is 11.7 Å². The van der Waals surface area contributed by atoms with Crippen LogP contribution in [0.2, 0.25) is 0 Å². The Balaban J connectivity index is 1.68. The summed E-state index contributed by atoms with van der Waals surface area (Å²) in [5.74, 6) is 2.13. The van der Waals surface area contributed by atoms with Gasteiger partial charge in [-0.3, -0.25) is 5.10 Å². The molecule has 1 saturated heterocycles. The molecule has 0 bridgehead atoms. The number of aromatic amines is 1. The van der Waals surface area contributed by atoms with E-state index in [4.69, 9.17) is 10.2 Å². The van der Waals surface area contributed by atoms with Crippen molar-refractivity contribution in [3.63, 3.8) is 0 Å². The average Bonchev–Trinajstić information content (AvgIpc) is 3.10. The zero-order valence-corrected chi connectivity index (χ0v) is 11.0. The number of nitrogens with two attached hydrogens (primary N) is 1. The number of furan rings is 1. The highest BCUT2D eigenvalue weighted by atomic mass is 16.3. The van der Waals surface area contributed by atoms with E-state index in [0.717, 1.165) is 43.3 Å². The summed E-state index contributed by atoms with van der Waals surface area (Å²) in [5.41, 5.74) is 6.87. The zero-order chi connectivity index (χ0) is 13.2. The van der Waals surface area contributed by atoms with Gasteiger partial charge in [0, 0.05) is 19.1 Å². The molecule has 6 heteroatoms. The second-order valence-corrected chi connectivity index (χ2v) is 5.18. The van der Waals surface area contributed by atoms with E-state index >= 15 is 0 Å². The van der Waals surface area contributed by atoms with E-state index < -0.39 is 0 Å². The number of aromatic nitrogens is 3. The topological polar surface area (TPSA) is 84.0 Å². The van der Waals surface area contributed by atoms with Crippen molar-refractivity contribution in [2.75, 3.05) is 18.0 Å². The summed E-state index contributed by atoms with van der Waals surface area (Å²) < 4.78 is 5.05. The molecule has 102 valence electrons. The normalized spacial score (nSPS) is 18.7. The lowest BCUT2D eigenvalue weighted by Crippen LogP contribution is -2.40. The molecule has 1 aliphatic rings. The van der Waals surface area contributed by atoms with Crippen LogP contribution in [0.5, 0.6) is 0 Å². The van der Waals surface area contributed by atoms with E-state index in [0.29, 0.717) is 5.92 Å². The van der Waals surface area contributed by atoms with Crippen LogP contribution in [0.4, 0.5) is 5.95 Å². The van der Waals surface area contributed by atoms with Crippen molar-refractivity contribution in [3.05, 3.63) is 18.6 Å². The van der Waals surface area contributed by atoms with Crippen molar-refractivity contribution < 1.29 is 4.42 Å². The van der Waals surface area contributed by atoms with Crippen molar-refractivity contribution in [1.82, 2.24) is 15.2 Å². The summed E-state index contributed by atoms with van der Waals surface area (Å²) >= 11 is 0. The van der Waals surface area contributed by atoms with Crippen molar-refractivity contribution >= 4 is 5.95 Å². The molecular weight excluding hydrogens is 242 g/mol. The van der Waals surface area contributed by atoms with Gasteiger partial charge < -0.3 is 15.1 Å². The van der Waals surface area contributed by atoms with Crippen LogP contribution >= 0.6 is 0 Å². The molecule has 1 unspecified atom stereocenters. The Labute approximate surface area is 112 Å². The number of nitrogens with one attached hydrogen (secondary N) is 1. The van der Waals surface area contributed by atoms with Gasteiger partial charge in [-0.05, 0) is 31.7 Å². The number of hydrogen-bond acceptors (Lipinski definition) is 5. The summed E-state index contributed by atoms with van der Waals surface area (Å²) in [6.07, 6.45) is 5.50. The Morgan fingerprint density at radius 1 is 1.47 bits per heavy atom. The van der Waals surface area contributed by atoms with Gasteiger partial charge in [-0.2, -0.15) is 4.98 Å². The summed E-state index contributed by atoms with van der Waals surface area (Å²) in [4.78, 5) is 6.72. The van der Waals surface area contributed by atoms with Crippen molar-refractivity contribution in [2.45, 2.75) is 25.8 Å². The van der Waals surface area contributed by atoms with E-state index in [1.807, 2.05) is 6.07 Å². The molecule has 0 radical (unpaired) electrons. The van der Waals surface area contributed by atoms with Gasteiger partial charge in [0.2, 0.25) is 5.95 Å². The van der Waals surface area contributed by atoms with Gasteiger partial charge in [0.1, 0.15) is 6.26 Å². The molecule has 1 fully saturated rings. The lowest BCUT2D eigenvalue weighted by molar-refractivity contribution is 0.352. The van der Waals surface area contributed by atoms with Crippen molar-refractivity contribution in [3.8, 4) is 11.4 Å². The number of H-pyrrole nitrogens is 1. The van der Waals surface area contributed by atoms with Gasteiger partial charge in [-0.1, -0.05) is 0 Å². The van der Waals surface area contributed by atoms with Gasteiger partial charge in [0.05, 0.1) is 11.8 Å². The maximum absolute atomic E-state index is 5.95. The van der Waals surface area contributed by atoms with E-state index in [1.54, 1.807) is 12.5 Å². The maximum atomic E-state index is 5.95. The highest BCUT2D eigenvalue weighted by Crippen LogP contribution is 2.24. The molecular formula is C13H19N5O. The van der Waals surface area contributed by atoms with Crippen LogP contribution in [-0.2, 0) is 0 Å². The third-order valence-electron chi connectivity index (χ3n) is 3.83. The van der Waals surface area contributed by atoms with Crippen LogP contribution < -0.4 is 10.6 Å². The molecule has 2 aromatic heterocycles. The van der Waals surface area contributed by atoms with Crippen LogP contribution in [0.15, 0.2) is 23.0 Å². The zero-order valence-electron chi connectivity index (χ0n) is 11.0. The summed E-state index contributed by atoms with van der Waals surface area (Å²) in [5, 5.41) is 7.23. The molecule has 0 amide bonds. The monoisotopic (exact) mass is 261 g/mol. The van der Waals surface area contributed by atoms with Crippen LogP contribution in [0.25, 0.3) is 11.4 Å². The highest BCUT2D eigenvalue weighted by molar-refractivity contribution is 5.54. The largest absolute Gasteiger partial charge is 0.472 e. The molecule has 19 heavy (non-hydrogen) atoms. The molecule has 1 aliphatic heterocycles. The minimum atomic E-state index is 0.274. The van der Waals surface area contributed by atoms with E-state index in [1.165, 1.54) is 0 Å². The fourth-order valence-electron chi connectivity index (χ4n) is 2.55. The van der Waals surface area contributed by atoms with Crippen LogP contribution in [0, 0.1) is 5.92 Å². The van der Waals surface area contributed by atoms with Crippen LogP contribution in [-0.4, -0.2) is 34.3 Å². The fraction of sp³-hybridized carbons (Fsp3) is 0.538. The summed E-state index contributed by atoms with van der Waals surface area (Å²) in [7, 11) is 0. The molecule has 1 atom stereocenters. The van der Waals surface area contributed by atoms with Crippen LogP contribution in [0.1, 0.15) is 19.8 Å². The quantitative estimate of drug-likeness (QED) is 0.877. The Kier molecular flexibility index (Phi) is 3.25. The lowest BCUT2D eigenvalue weighted by Gasteiger charge is -2.32. The Hall–Kier alpha value is -1.82. The second kappa shape index (κ2) is 5.05. The van der Waals surface area contributed by atoms with Gasteiger partial charge in [-0.25, -0.2) is 0 Å². The molecule has 0 aliphatic carbocycles. The number of rotatable bonds is 3. The van der Waals surface area contributed by atoms with Crippen molar-refractivity contribution in [1.29, 1.82) is 0 Å². The lowest BCUT2D eigenvalue weighted by atomic mass is 9.91. The molecule has 0 spiro atoms. The molecule has 3 heterocycles. The smallest absolute Gasteiger partial charge is 0.245 e. The number of nitrogens with zero attached hydrogens (tertiary/aromatic N) is 3. The molecule has 6 nitrogen and oxygen atoms in total. The first-order valence-electron chi connectivity index (χ1n) is 6.69. The standard InChI is InChI=1S/C13H19N5O/c1-9(14)10-2-5-18(6-3-10)13-15-12(16-17-13)11-4-7-19-8-11/h4,7-10H,2-3,5-6,14H2,1H3,(H,15,16,17). The first-order valence-corrected chi connectivity index (χ1v) is 6.69. The van der Waals surface area contributed by atoms with Gasteiger partial charge in [0.15, 0.2) is 5.82 Å². The van der Waals surface area contributed by atoms with E-state index in [9.17, 15) is 0 Å². The summed E-state index contributed by atoms with van der Waals surface area (Å²) in [6, 6.07) is 2.14. The molecule has 3 N–H and O–H groups in total. The summed E-state index contributed by atoms with van der Waals surface area (Å²) in [6.45, 7) is 4.02. The van der Waals surface area contributed by atoms with Gasteiger partial charge in [0.25, 0.3) is 0 Å². The van der Waals surface area contributed by atoms with E-state index in [2.05, 4.69) is 27.0 Å². The maximum Gasteiger partial charge on any atom is 0.245 e. The minimum Gasteiger partial charge on any atom is -0.472 e. The second-order valence-electron chi connectivity index (χ2n) is 5.18. The number of hydrogen-bond donors (Lipinski definition) is 2. The van der Waals surface area contributed by atoms with Gasteiger partial charge in [-0.15, -0.1) is 5.10 Å². The SMILES string of the molecule is CC(N)C1CCN(c2n[nH]c(-c3ccoc3)n2)CC1. The average molecular weight is 261 g/mol. The first kappa shape index (κ1) is 12.2. The highest BCUT2D eigenvalue weighted by Gasteiger charge is 2.24. The Morgan fingerprint density at radius 3 is 2.89 bits per heavy atom. The van der Waals surface area contributed by atoms with Gasteiger partial charge >= 0.3 is 0 Å². The third kappa shape index (κ3) is 2.49. The first-order chi connectivity index (χ1) is 9.24. The molecule has 0 aromatic carbocycles. The third-order valence-corrected chi connectivity index (χ3v) is 3.83. The Morgan fingerprint density at radius 2 is 2.26 bits per heavy atom. The fourth-order valence-corrected chi connectivity index (χ4v) is 2.55. The molecule has 3 rings (SSSR count). The predicted octanol–water partition coefficient (Wildman–Crippen LogP) is 1.63. The Bertz CT molecular complexity index is 511. The number of piperidine rings is 1. The molecule has 0 saturated carbocycles. The number of anilines is 1. The minimum absolute atomic E-state index is 0.274. The van der Waals surface area contributed by atoms with E-state index in [-0.39, 0.29) is 6.04 Å². The van der Waals surface area contributed by atoms with Crippen LogP contribution in [0.3, 0.4) is 0 Å². The molecule has 2 aromatic rings.